The second-order valence-corrected chi connectivity index (χ2v) is 5.13. The van der Waals surface area contributed by atoms with Gasteiger partial charge in [-0.25, -0.2) is 0 Å². The summed E-state index contributed by atoms with van der Waals surface area (Å²) in [6, 6.07) is 5.98. The van der Waals surface area contributed by atoms with Gasteiger partial charge in [-0.2, -0.15) is 0 Å². The molecular weight excluding hydrogens is 220 g/mol. The number of hydrogen-bond donors (Lipinski definition) is 1. The van der Waals surface area contributed by atoms with Gasteiger partial charge in [0, 0.05) is 15.3 Å². The lowest BCUT2D eigenvalue weighted by molar-refractivity contribution is 0.222. The standard InChI is InChI=1S/C13H16O2S/c1-4-10-5-6-12(16-10)13(14)11-7-8(2)15-9(11)3/h5-7,13-14H,4H2,1-3H3. The molecule has 2 rings (SSSR count). The zero-order chi connectivity index (χ0) is 11.7. The van der Waals surface area contributed by atoms with E-state index in [4.69, 9.17) is 4.42 Å². The minimum Gasteiger partial charge on any atom is -0.466 e. The zero-order valence-electron chi connectivity index (χ0n) is 9.78. The van der Waals surface area contributed by atoms with E-state index < -0.39 is 6.10 Å². The molecule has 0 aliphatic carbocycles. The molecule has 16 heavy (non-hydrogen) atoms. The molecule has 0 saturated carbocycles. The summed E-state index contributed by atoms with van der Waals surface area (Å²) in [4.78, 5) is 2.28. The Hall–Kier alpha value is -1.06. The number of aliphatic hydroxyl groups is 1. The summed E-state index contributed by atoms with van der Waals surface area (Å²) in [5, 5.41) is 10.2. The number of thiophene rings is 1. The molecule has 1 N–H and O–H groups in total. The molecule has 2 nitrogen and oxygen atoms in total. The number of aliphatic hydroxyl groups excluding tert-OH is 1. The highest BCUT2D eigenvalue weighted by molar-refractivity contribution is 7.12. The molecule has 2 aromatic rings. The van der Waals surface area contributed by atoms with Crippen molar-refractivity contribution in [2.24, 2.45) is 0 Å². The zero-order valence-corrected chi connectivity index (χ0v) is 10.6. The van der Waals surface area contributed by atoms with E-state index in [0.29, 0.717) is 0 Å². The lowest BCUT2D eigenvalue weighted by Gasteiger charge is -2.06. The highest BCUT2D eigenvalue weighted by Crippen LogP contribution is 2.31. The van der Waals surface area contributed by atoms with Gasteiger partial charge in [-0.3, -0.25) is 0 Å². The summed E-state index contributed by atoms with van der Waals surface area (Å²) < 4.78 is 5.43. The third kappa shape index (κ3) is 2.06. The minimum absolute atomic E-state index is 0.553. The lowest BCUT2D eigenvalue weighted by Crippen LogP contribution is -1.96. The van der Waals surface area contributed by atoms with Crippen LogP contribution in [-0.2, 0) is 6.42 Å². The lowest BCUT2D eigenvalue weighted by atomic mass is 10.1. The van der Waals surface area contributed by atoms with Crippen LogP contribution < -0.4 is 0 Å². The van der Waals surface area contributed by atoms with Crippen molar-refractivity contribution in [3.05, 3.63) is 45.0 Å². The van der Waals surface area contributed by atoms with Gasteiger partial charge in [-0.15, -0.1) is 11.3 Å². The van der Waals surface area contributed by atoms with Crippen molar-refractivity contribution in [1.29, 1.82) is 0 Å². The first-order valence-corrected chi connectivity index (χ1v) is 6.27. The predicted molar refractivity (Wildman–Crippen MR) is 65.9 cm³/mol. The molecular formula is C13H16O2S. The van der Waals surface area contributed by atoms with Crippen LogP contribution in [-0.4, -0.2) is 5.11 Å². The molecule has 0 fully saturated rings. The van der Waals surface area contributed by atoms with Crippen molar-refractivity contribution in [1.82, 2.24) is 0 Å². The number of aryl methyl sites for hydroxylation is 3. The van der Waals surface area contributed by atoms with Crippen molar-refractivity contribution in [3.63, 3.8) is 0 Å². The largest absolute Gasteiger partial charge is 0.466 e. The first-order chi connectivity index (χ1) is 7.61. The predicted octanol–water partition coefficient (Wildman–Crippen LogP) is 3.60. The summed E-state index contributed by atoms with van der Waals surface area (Å²) in [6.45, 7) is 5.91. The van der Waals surface area contributed by atoms with Crippen LogP contribution in [0.1, 0.15) is 39.9 Å². The number of furan rings is 1. The quantitative estimate of drug-likeness (QED) is 0.883. The number of hydrogen-bond acceptors (Lipinski definition) is 3. The van der Waals surface area contributed by atoms with Gasteiger partial charge in [0.1, 0.15) is 17.6 Å². The van der Waals surface area contributed by atoms with Crippen molar-refractivity contribution < 1.29 is 9.52 Å². The third-order valence-electron chi connectivity index (χ3n) is 2.67. The van der Waals surface area contributed by atoms with Gasteiger partial charge >= 0.3 is 0 Å². The summed E-state index contributed by atoms with van der Waals surface area (Å²) in [7, 11) is 0. The fourth-order valence-electron chi connectivity index (χ4n) is 1.81. The van der Waals surface area contributed by atoms with Crippen molar-refractivity contribution in [3.8, 4) is 0 Å². The molecule has 0 radical (unpaired) electrons. The van der Waals surface area contributed by atoms with Crippen molar-refractivity contribution in [2.45, 2.75) is 33.3 Å². The fraction of sp³-hybridized carbons (Fsp3) is 0.385. The number of rotatable bonds is 3. The van der Waals surface area contributed by atoms with Crippen LogP contribution in [0.3, 0.4) is 0 Å². The van der Waals surface area contributed by atoms with Crippen LogP contribution in [0, 0.1) is 13.8 Å². The summed E-state index contributed by atoms with van der Waals surface area (Å²) >= 11 is 1.66. The van der Waals surface area contributed by atoms with Gasteiger partial charge in [0.15, 0.2) is 0 Å². The second kappa shape index (κ2) is 4.44. The Balaban J connectivity index is 2.31. The molecule has 0 aliphatic heterocycles. The van der Waals surface area contributed by atoms with E-state index in [1.54, 1.807) is 11.3 Å². The van der Waals surface area contributed by atoms with E-state index in [1.165, 1.54) is 4.88 Å². The molecule has 0 aromatic carbocycles. The van der Waals surface area contributed by atoms with Crippen LogP contribution in [0.15, 0.2) is 22.6 Å². The van der Waals surface area contributed by atoms with Gasteiger partial charge in [0.25, 0.3) is 0 Å². The van der Waals surface area contributed by atoms with E-state index in [9.17, 15) is 5.11 Å². The fourth-order valence-corrected chi connectivity index (χ4v) is 2.76. The summed E-state index contributed by atoms with van der Waals surface area (Å²) in [5.41, 5.74) is 0.877. The van der Waals surface area contributed by atoms with Crippen LogP contribution in [0.2, 0.25) is 0 Å². The van der Waals surface area contributed by atoms with Crippen LogP contribution in [0.4, 0.5) is 0 Å². The molecule has 3 heteroatoms. The molecule has 0 aliphatic rings. The molecule has 86 valence electrons. The van der Waals surface area contributed by atoms with Crippen LogP contribution in [0.25, 0.3) is 0 Å². The Morgan fingerprint density at radius 2 is 2.12 bits per heavy atom. The maximum absolute atomic E-state index is 10.2. The van der Waals surface area contributed by atoms with Crippen molar-refractivity contribution >= 4 is 11.3 Å². The maximum atomic E-state index is 10.2. The molecule has 1 atom stereocenters. The Bertz CT molecular complexity index is 482. The highest BCUT2D eigenvalue weighted by atomic mass is 32.1. The Morgan fingerprint density at radius 3 is 2.62 bits per heavy atom. The SMILES string of the molecule is CCc1ccc(C(O)c2cc(C)oc2C)s1. The first-order valence-electron chi connectivity index (χ1n) is 5.45. The highest BCUT2D eigenvalue weighted by Gasteiger charge is 2.17. The molecule has 0 spiro atoms. The average Bonchev–Trinajstić information content (AvgIpc) is 2.84. The molecule has 1 unspecified atom stereocenters. The van der Waals surface area contributed by atoms with E-state index in [-0.39, 0.29) is 0 Å². The Kier molecular flexibility index (Phi) is 3.17. The monoisotopic (exact) mass is 236 g/mol. The summed E-state index contributed by atoms with van der Waals surface area (Å²) in [6.07, 6.45) is 0.462. The molecule has 2 aromatic heterocycles. The van der Waals surface area contributed by atoms with E-state index in [0.717, 1.165) is 28.4 Å². The Labute approximate surface area is 99.5 Å². The van der Waals surface area contributed by atoms with Gasteiger partial charge < -0.3 is 9.52 Å². The van der Waals surface area contributed by atoms with Crippen molar-refractivity contribution in [2.75, 3.05) is 0 Å². The van der Waals surface area contributed by atoms with Gasteiger partial charge in [0.05, 0.1) is 0 Å². The van der Waals surface area contributed by atoms with E-state index >= 15 is 0 Å². The topological polar surface area (TPSA) is 33.4 Å². The van der Waals surface area contributed by atoms with Gasteiger partial charge in [-0.1, -0.05) is 6.92 Å². The Morgan fingerprint density at radius 1 is 1.38 bits per heavy atom. The van der Waals surface area contributed by atoms with E-state index in [1.807, 2.05) is 26.0 Å². The smallest absolute Gasteiger partial charge is 0.117 e. The van der Waals surface area contributed by atoms with E-state index in [2.05, 4.69) is 13.0 Å². The molecule has 0 amide bonds. The molecule has 0 saturated heterocycles. The maximum Gasteiger partial charge on any atom is 0.117 e. The first kappa shape index (κ1) is 11.4. The molecule has 2 heterocycles. The minimum atomic E-state index is -0.553. The summed E-state index contributed by atoms with van der Waals surface area (Å²) in [5.74, 6) is 1.65. The average molecular weight is 236 g/mol. The van der Waals surface area contributed by atoms with Crippen LogP contribution in [0.5, 0.6) is 0 Å². The van der Waals surface area contributed by atoms with Gasteiger partial charge in [-0.05, 0) is 38.5 Å². The second-order valence-electron chi connectivity index (χ2n) is 3.93. The van der Waals surface area contributed by atoms with Crippen LogP contribution >= 0.6 is 11.3 Å². The normalized spacial score (nSPS) is 13.0. The van der Waals surface area contributed by atoms with Gasteiger partial charge in [0.2, 0.25) is 0 Å². The molecule has 0 bridgehead atoms. The third-order valence-corrected chi connectivity index (χ3v) is 3.96.